The van der Waals surface area contributed by atoms with Crippen LogP contribution in [0.5, 0.6) is 5.75 Å². The van der Waals surface area contributed by atoms with Gasteiger partial charge in [-0.3, -0.25) is 9.69 Å². The fraction of sp³-hybridized carbons (Fsp3) is 0.611. The molecule has 2 fully saturated rings. The van der Waals surface area contributed by atoms with Crippen LogP contribution in [0, 0.1) is 11.7 Å². The van der Waals surface area contributed by atoms with Crippen molar-refractivity contribution in [1.82, 2.24) is 10.2 Å². The molecule has 0 aliphatic carbocycles. The van der Waals surface area contributed by atoms with Gasteiger partial charge in [-0.1, -0.05) is 13.8 Å². The first-order valence-corrected chi connectivity index (χ1v) is 8.48. The number of morpholine rings is 1. The van der Waals surface area contributed by atoms with E-state index in [4.69, 9.17) is 9.47 Å². The Labute approximate surface area is 142 Å². The molecular weight excluding hydrogens is 311 g/mol. The Balaban J connectivity index is 1.63. The van der Waals surface area contributed by atoms with E-state index < -0.39 is 5.82 Å². The predicted octanol–water partition coefficient (Wildman–Crippen LogP) is 2.06. The third-order valence-corrected chi connectivity index (χ3v) is 4.93. The maximum absolute atomic E-state index is 13.5. The highest BCUT2D eigenvalue weighted by molar-refractivity contribution is 5.97. The smallest absolute Gasteiger partial charge is 0.255 e. The molecule has 0 spiro atoms. The summed E-state index contributed by atoms with van der Waals surface area (Å²) in [6.07, 6.45) is 1.10. The second-order valence-corrected chi connectivity index (χ2v) is 6.97. The first-order chi connectivity index (χ1) is 11.5. The van der Waals surface area contributed by atoms with E-state index >= 15 is 0 Å². The zero-order valence-corrected chi connectivity index (χ0v) is 14.4. The standard InChI is InChI=1S/C18H25FN2O3/c1-11(2)17-9-21-8-13(7-14(21)10-24-17)20-18(22)15-6-12(19)4-5-16(15)23-3/h4-6,11,13-14,17H,7-10H2,1-3H3,(H,20,22)/t13-,14+,17-/m1/s1. The van der Waals surface area contributed by atoms with Gasteiger partial charge >= 0.3 is 0 Å². The molecule has 2 saturated heterocycles. The van der Waals surface area contributed by atoms with Gasteiger partial charge in [-0.15, -0.1) is 0 Å². The molecule has 6 heteroatoms. The zero-order valence-electron chi connectivity index (χ0n) is 14.4. The van der Waals surface area contributed by atoms with Gasteiger partial charge in [0.25, 0.3) is 5.91 Å². The highest BCUT2D eigenvalue weighted by Crippen LogP contribution is 2.26. The largest absolute Gasteiger partial charge is 0.496 e. The number of hydrogen-bond donors (Lipinski definition) is 1. The summed E-state index contributed by atoms with van der Waals surface area (Å²) >= 11 is 0. The van der Waals surface area contributed by atoms with Gasteiger partial charge in [-0.05, 0) is 30.5 Å². The van der Waals surface area contributed by atoms with Gasteiger partial charge in [0, 0.05) is 25.2 Å². The van der Waals surface area contributed by atoms with Gasteiger partial charge in [-0.2, -0.15) is 0 Å². The quantitative estimate of drug-likeness (QED) is 0.914. The Bertz CT molecular complexity index is 608. The first kappa shape index (κ1) is 17.2. The van der Waals surface area contributed by atoms with E-state index in [2.05, 4.69) is 24.1 Å². The third-order valence-electron chi connectivity index (χ3n) is 4.93. The van der Waals surface area contributed by atoms with E-state index in [1.807, 2.05) is 0 Å². The first-order valence-electron chi connectivity index (χ1n) is 8.48. The van der Waals surface area contributed by atoms with Gasteiger partial charge in [0.05, 0.1) is 25.4 Å². The Morgan fingerprint density at radius 2 is 2.21 bits per heavy atom. The summed E-state index contributed by atoms with van der Waals surface area (Å²) in [5.41, 5.74) is 0.235. The molecule has 0 bridgehead atoms. The molecule has 0 aromatic heterocycles. The van der Waals surface area contributed by atoms with E-state index in [9.17, 15) is 9.18 Å². The number of nitrogens with one attached hydrogen (secondary N) is 1. The van der Waals surface area contributed by atoms with Gasteiger partial charge in [-0.25, -0.2) is 4.39 Å². The van der Waals surface area contributed by atoms with Gasteiger partial charge in [0.15, 0.2) is 0 Å². The van der Waals surface area contributed by atoms with Crippen LogP contribution in [0.25, 0.3) is 0 Å². The van der Waals surface area contributed by atoms with Crippen molar-refractivity contribution in [2.24, 2.45) is 5.92 Å². The van der Waals surface area contributed by atoms with Crippen molar-refractivity contribution in [3.63, 3.8) is 0 Å². The summed E-state index contributed by atoms with van der Waals surface area (Å²) in [6, 6.07) is 4.37. The van der Waals surface area contributed by atoms with Crippen molar-refractivity contribution in [1.29, 1.82) is 0 Å². The van der Waals surface area contributed by atoms with Crippen LogP contribution >= 0.6 is 0 Å². The van der Waals surface area contributed by atoms with Crippen LogP contribution in [-0.2, 0) is 4.74 Å². The summed E-state index contributed by atoms with van der Waals surface area (Å²) in [4.78, 5) is 14.9. The molecule has 132 valence electrons. The second-order valence-electron chi connectivity index (χ2n) is 6.97. The molecule has 3 rings (SSSR count). The van der Waals surface area contributed by atoms with Crippen molar-refractivity contribution in [2.75, 3.05) is 26.8 Å². The molecule has 1 aromatic carbocycles. The third kappa shape index (κ3) is 3.54. The zero-order chi connectivity index (χ0) is 17.3. The van der Waals surface area contributed by atoms with Crippen LogP contribution < -0.4 is 10.1 Å². The molecule has 0 radical (unpaired) electrons. The molecule has 3 atom stereocenters. The number of rotatable bonds is 4. The van der Waals surface area contributed by atoms with Crippen molar-refractivity contribution in [3.05, 3.63) is 29.6 Å². The number of hydrogen-bond acceptors (Lipinski definition) is 4. The Kier molecular flexibility index (Phi) is 5.06. The highest BCUT2D eigenvalue weighted by Gasteiger charge is 2.38. The molecule has 0 unspecified atom stereocenters. The topological polar surface area (TPSA) is 50.8 Å². The van der Waals surface area contributed by atoms with Crippen LogP contribution in [0.4, 0.5) is 4.39 Å². The maximum atomic E-state index is 13.5. The van der Waals surface area contributed by atoms with E-state index in [0.717, 1.165) is 19.5 Å². The molecule has 1 amide bonds. The Morgan fingerprint density at radius 3 is 2.92 bits per heavy atom. The van der Waals surface area contributed by atoms with Crippen LogP contribution in [0.1, 0.15) is 30.6 Å². The minimum Gasteiger partial charge on any atom is -0.496 e. The molecule has 0 saturated carbocycles. The second kappa shape index (κ2) is 7.07. The van der Waals surface area contributed by atoms with Crippen LogP contribution in [0.3, 0.4) is 0 Å². The molecule has 2 aliphatic rings. The molecule has 1 N–H and O–H groups in total. The van der Waals surface area contributed by atoms with Crippen LogP contribution in [0.2, 0.25) is 0 Å². The average Bonchev–Trinajstić information content (AvgIpc) is 2.95. The van der Waals surface area contributed by atoms with Gasteiger partial charge in [0.1, 0.15) is 11.6 Å². The monoisotopic (exact) mass is 336 g/mol. The lowest BCUT2D eigenvalue weighted by molar-refractivity contribution is -0.0683. The van der Waals surface area contributed by atoms with E-state index in [1.54, 1.807) is 0 Å². The Hall–Kier alpha value is -1.66. The molecule has 24 heavy (non-hydrogen) atoms. The summed E-state index contributed by atoms with van der Waals surface area (Å²) in [5, 5.41) is 3.01. The van der Waals surface area contributed by atoms with Crippen molar-refractivity contribution >= 4 is 5.91 Å². The molecule has 2 aliphatic heterocycles. The summed E-state index contributed by atoms with van der Waals surface area (Å²) in [7, 11) is 1.48. The van der Waals surface area contributed by atoms with Crippen molar-refractivity contribution in [2.45, 2.75) is 38.5 Å². The van der Waals surface area contributed by atoms with E-state index in [0.29, 0.717) is 24.3 Å². The number of fused-ring (bicyclic) bond motifs is 1. The minimum atomic E-state index is -0.446. The average molecular weight is 336 g/mol. The molecule has 1 aromatic rings. The fourth-order valence-electron chi connectivity index (χ4n) is 3.53. The highest BCUT2D eigenvalue weighted by atomic mass is 19.1. The lowest BCUT2D eigenvalue weighted by Crippen LogP contribution is -2.48. The van der Waals surface area contributed by atoms with E-state index in [1.165, 1.54) is 25.3 Å². The summed E-state index contributed by atoms with van der Waals surface area (Å²) in [6.45, 7) is 6.74. The number of benzene rings is 1. The van der Waals surface area contributed by atoms with Crippen LogP contribution in [0.15, 0.2) is 18.2 Å². The molecule has 5 nitrogen and oxygen atoms in total. The number of amides is 1. The number of halogens is 1. The summed E-state index contributed by atoms with van der Waals surface area (Å²) in [5.74, 6) is 0.125. The number of nitrogens with zero attached hydrogens (tertiary/aromatic N) is 1. The van der Waals surface area contributed by atoms with Crippen molar-refractivity contribution in [3.8, 4) is 5.75 Å². The SMILES string of the molecule is COc1ccc(F)cc1C(=O)N[C@@H]1C[C@H]2CO[C@@H](C(C)C)CN2C1. The number of methoxy groups -OCH3 is 1. The van der Waals surface area contributed by atoms with E-state index in [-0.39, 0.29) is 23.6 Å². The maximum Gasteiger partial charge on any atom is 0.255 e. The normalized spacial score (nSPS) is 27.1. The predicted molar refractivity (Wildman–Crippen MR) is 88.8 cm³/mol. The lowest BCUT2D eigenvalue weighted by Gasteiger charge is -2.36. The Morgan fingerprint density at radius 1 is 1.42 bits per heavy atom. The molecule has 2 heterocycles. The number of carbonyl (C=O) groups excluding carboxylic acids is 1. The number of carbonyl (C=O) groups is 1. The van der Waals surface area contributed by atoms with Crippen molar-refractivity contribution < 1.29 is 18.7 Å². The van der Waals surface area contributed by atoms with Gasteiger partial charge in [0.2, 0.25) is 0 Å². The van der Waals surface area contributed by atoms with Gasteiger partial charge < -0.3 is 14.8 Å². The molecular formula is C18H25FN2O3. The number of ether oxygens (including phenoxy) is 2. The summed E-state index contributed by atoms with van der Waals surface area (Å²) < 4.78 is 24.5. The lowest BCUT2D eigenvalue weighted by atomic mass is 10.0. The minimum absolute atomic E-state index is 0.0463. The fourth-order valence-corrected chi connectivity index (χ4v) is 3.53. The van der Waals surface area contributed by atoms with Crippen LogP contribution in [-0.4, -0.2) is 55.8 Å².